The highest BCUT2D eigenvalue weighted by Gasteiger charge is 2.20. The van der Waals surface area contributed by atoms with E-state index in [1.54, 1.807) is 24.3 Å². The molecular weight excluding hydrogens is 372 g/mol. The Labute approximate surface area is 161 Å². The fourth-order valence-corrected chi connectivity index (χ4v) is 4.16. The third-order valence-corrected chi connectivity index (χ3v) is 5.73. The summed E-state index contributed by atoms with van der Waals surface area (Å²) >= 11 is 7.43. The maximum absolute atomic E-state index is 12.0. The number of hydrogen-bond donors (Lipinski definition) is 2. The standard InChI is InChI=1S/C18H21ClN4O2S/c19-14-9-5-4-8-13(14)16(25)20-11-10-15(24)21-18-23-22-17(26-18)12-6-2-1-3-7-12/h4-5,8-9,12H,1-3,6-7,10-11H2,(H,20,25)(H,21,23,24). The number of hydrogen-bond acceptors (Lipinski definition) is 5. The predicted molar refractivity (Wildman–Crippen MR) is 103 cm³/mol. The van der Waals surface area contributed by atoms with Gasteiger partial charge >= 0.3 is 0 Å². The van der Waals surface area contributed by atoms with Crippen LogP contribution >= 0.6 is 22.9 Å². The number of nitrogens with zero attached hydrogens (tertiary/aromatic N) is 2. The van der Waals surface area contributed by atoms with E-state index in [2.05, 4.69) is 20.8 Å². The van der Waals surface area contributed by atoms with Gasteiger partial charge in [-0.2, -0.15) is 0 Å². The van der Waals surface area contributed by atoms with Gasteiger partial charge in [0.15, 0.2) is 0 Å². The highest BCUT2D eigenvalue weighted by atomic mass is 35.5. The number of carbonyl (C=O) groups excluding carboxylic acids is 2. The number of benzene rings is 1. The third kappa shape index (κ3) is 5.02. The Morgan fingerprint density at radius 3 is 2.69 bits per heavy atom. The molecule has 2 N–H and O–H groups in total. The van der Waals surface area contributed by atoms with Crippen LogP contribution in [0, 0.1) is 0 Å². The van der Waals surface area contributed by atoms with Gasteiger partial charge < -0.3 is 10.6 Å². The molecule has 2 aromatic rings. The average molecular weight is 393 g/mol. The monoisotopic (exact) mass is 392 g/mol. The molecule has 0 radical (unpaired) electrons. The first kappa shape index (κ1) is 18.8. The lowest BCUT2D eigenvalue weighted by atomic mass is 9.90. The summed E-state index contributed by atoms with van der Waals surface area (Å²) in [5.41, 5.74) is 0.399. The van der Waals surface area contributed by atoms with Gasteiger partial charge in [0.25, 0.3) is 5.91 Å². The minimum Gasteiger partial charge on any atom is -0.351 e. The molecule has 0 atom stereocenters. The van der Waals surface area contributed by atoms with Gasteiger partial charge in [0.05, 0.1) is 10.6 Å². The summed E-state index contributed by atoms with van der Waals surface area (Å²) in [5, 5.41) is 15.7. The fourth-order valence-electron chi connectivity index (χ4n) is 3.01. The number of aromatic nitrogens is 2. The largest absolute Gasteiger partial charge is 0.351 e. The van der Waals surface area contributed by atoms with Gasteiger partial charge in [0, 0.05) is 18.9 Å². The van der Waals surface area contributed by atoms with Crippen LogP contribution in [0.3, 0.4) is 0 Å². The summed E-state index contributed by atoms with van der Waals surface area (Å²) in [6.07, 6.45) is 6.22. The zero-order valence-electron chi connectivity index (χ0n) is 14.3. The van der Waals surface area contributed by atoms with Gasteiger partial charge in [-0.25, -0.2) is 0 Å². The van der Waals surface area contributed by atoms with Gasteiger partial charge in [-0.15, -0.1) is 10.2 Å². The molecule has 0 aliphatic heterocycles. The Kier molecular flexibility index (Phi) is 6.57. The molecule has 1 aromatic heterocycles. The van der Waals surface area contributed by atoms with Crippen molar-refractivity contribution in [1.29, 1.82) is 0 Å². The third-order valence-electron chi connectivity index (χ3n) is 4.40. The van der Waals surface area contributed by atoms with E-state index in [1.807, 2.05) is 0 Å². The summed E-state index contributed by atoms with van der Waals surface area (Å²) in [7, 11) is 0. The normalized spacial score (nSPS) is 14.8. The van der Waals surface area contributed by atoms with Crippen LogP contribution in [0.4, 0.5) is 5.13 Å². The van der Waals surface area contributed by atoms with Gasteiger partial charge in [-0.3, -0.25) is 9.59 Å². The summed E-state index contributed by atoms with van der Waals surface area (Å²) in [6.45, 7) is 0.226. The van der Waals surface area contributed by atoms with Crippen LogP contribution in [0.5, 0.6) is 0 Å². The minimum atomic E-state index is -0.293. The highest BCUT2D eigenvalue weighted by Crippen LogP contribution is 2.35. The van der Waals surface area contributed by atoms with Crippen molar-refractivity contribution in [2.75, 3.05) is 11.9 Å². The summed E-state index contributed by atoms with van der Waals surface area (Å²) in [6, 6.07) is 6.80. The zero-order valence-corrected chi connectivity index (χ0v) is 15.9. The Bertz CT molecular complexity index is 774. The molecule has 3 rings (SSSR count). The molecule has 0 bridgehead atoms. The van der Waals surface area contributed by atoms with E-state index in [-0.39, 0.29) is 24.8 Å². The van der Waals surface area contributed by atoms with Crippen molar-refractivity contribution in [1.82, 2.24) is 15.5 Å². The topological polar surface area (TPSA) is 84.0 Å². The molecule has 1 aliphatic rings. The van der Waals surface area contributed by atoms with E-state index in [0.29, 0.717) is 21.6 Å². The Morgan fingerprint density at radius 1 is 1.15 bits per heavy atom. The molecule has 6 nitrogen and oxygen atoms in total. The van der Waals surface area contributed by atoms with E-state index >= 15 is 0 Å². The Morgan fingerprint density at radius 2 is 1.92 bits per heavy atom. The number of rotatable bonds is 6. The molecule has 0 unspecified atom stereocenters. The smallest absolute Gasteiger partial charge is 0.252 e. The summed E-state index contributed by atoms with van der Waals surface area (Å²) in [5.74, 6) is -0.0171. The molecule has 8 heteroatoms. The van der Waals surface area contributed by atoms with Crippen LogP contribution in [0.1, 0.15) is 59.8 Å². The second-order valence-electron chi connectivity index (χ2n) is 6.31. The van der Waals surface area contributed by atoms with Crippen LogP contribution in [0.15, 0.2) is 24.3 Å². The van der Waals surface area contributed by atoms with Crippen molar-refractivity contribution < 1.29 is 9.59 Å². The lowest BCUT2D eigenvalue weighted by Gasteiger charge is -2.18. The molecule has 1 aromatic carbocycles. The Hall–Kier alpha value is -1.99. The number of halogens is 1. The highest BCUT2D eigenvalue weighted by molar-refractivity contribution is 7.15. The van der Waals surface area contributed by atoms with Crippen LogP contribution in [0.25, 0.3) is 0 Å². The van der Waals surface area contributed by atoms with E-state index < -0.39 is 0 Å². The van der Waals surface area contributed by atoms with Crippen molar-refractivity contribution >= 4 is 39.9 Å². The predicted octanol–water partition coefficient (Wildman–Crippen LogP) is 4.00. The first-order chi connectivity index (χ1) is 12.6. The number of anilines is 1. The first-order valence-electron chi connectivity index (χ1n) is 8.79. The van der Waals surface area contributed by atoms with E-state index in [0.717, 1.165) is 17.8 Å². The van der Waals surface area contributed by atoms with Crippen molar-refractivity contribution in [2.24, 2.45) is 0 Å². The second-order valence-corrected chi connectivity index (χ2v) is 7.73. The second kappa shape index (κ2) is 9.09. The molecular formula is C18H21ClN4O2S. The number of nitrogens with one attached hydrogen (secondary N) is 2. The van der Waals surface area contributed by atoms with E-state index in [4.69, 9.17) is 11.6 Å². The average Bonchev–Trinajstić information content (AvgIpc) is 3.11. The quantitative estimate of drug-likeness (QED) is 0.778. The lowest BCUT2D eigenvalue weighted by molar-refractivity contribution is -0.116. The molecule has 26 heavy (non-hydrogen) atoms. The van der Waals surface area contributed by atoms with Crippen LogP contribution in [-0.4, -0.2) is 28.6 Å². The summed E-state index contributed by atoms with van der Waals surface area (Å²) in [4.78, 5) is 24.1. The number of carbonyl (C=O) groups is 2. The zero-order chi connectivity index (χ0) is 18.4. The van der Waals surface area contributed by atoms with Crippen molar-refractivity contribution in [2.45, 2.75) is 44.4 Å². The molecule has 1 fully saturated rings. The van der Waals surface area contributed by atoms with Crippen molar-refractivity contribution in [3.8, 4) is 0 Å². The van der Waals surface area contributed by atoms with Gasteiger partial charge in [0.1, 0.15) is 5.01 Å². The molecule has 0 spiro atoms. The molecule has 1 aliphatic carbocycles. The maximum Gasteiger partial charge on any atom is 0.252 e. The minimum absolute atomic E-state index is 0.161. The van der Waals surface area contributed by atoms with Crippen molar-refractivity contribution in [3.05, 3.63) is 39.9 Å². The maximum atomic E-state index is 12.0. The molecule has 1 saturated carbocycles. The number of amides is 2. The van der Waals surface area contributed by atoms with Crippen molar-refractivity contribution in [3.63, 3.8) is 0 Å². The van der Waals surface area contributed by atoms with Crippen LogP contribution < -0.4 is 10.6 Å². The van der Waals surface area contributed by atoms with Crippen LogP contribution in [-0.2, 0) is 4.79 Å². The lowest BCUT2D eigenvalue weighted by Crippen LogP contribution is -2.27. The Balaban J connectivity index is 1.44. The van der Waals surface area contributed by atoms with Gasteiger partial charge in [-0.1, -0.05) is 54.3 Å². The van der Waals surface area contributed by atoms with Crippen LogP contribution in [0.2, 0.25) is 5.02 Å². The SMILES string of the molecule is O=C(CCNC(=O)c1ccccc1Cl)Nc1nnc(C2CCCCC2)s1. The van der Waals surface area contributed by atoms with E-state index in [1.165, 1.54) is 30.6 Å². The molecule has 2 amide bonds. The molecule has 1 heterocycles. The van der Waals surface area contributed by atoms with Gasteiger partial charge in [-0.05, 0) is 25.0 Å². The fraction of sp³-hybridized carbons (Fsp3) is 0.444. The summed E-state index contributed by atoms with van der Waals surface area (Å²) < 4.78 is 0. The first-order valence-corrected chi connectivity index (χ1v) is 9.99. The van der Waals surface area contributed by atoms with Gasteiger partial charge in [0.2, 0.25) is 11.0 Å². The van der Waals surface area contributed by atoms with E-state index in [9.17, 15) is 9.59 Å². The molecule has 0 saturated heterocycles. The molecule has 138 valence electrons.